The van der Waals surface area contributed by atoms with Crippen molar-refractivity contribution in [3.63, 3.8) is 0 Å². The van der Waals surface area contributed by atoms with Gasteiger partial charge in [-0.15, -0.1) is 0 Å². The van der Waals surface area contributed by atoms with Crippen molar-refractivity contribution in [2.45, 2.75) is 38.6 Å². The highest BCUT2D eigenvalue weighted by Gasteiger charge is 2.26. The van der Waals surface area contributed by atoms with E-state index in [1.165, 1.54) is 7.11 Å². The van der Waals surface area contributed by atoms with Crippen LogP contribution in [0.15, 0.2) is 0 Å². The molecule has 80 valence electrons. The van der Waals surface area contributed by atoms with Crippen LogP contribution >= 0.6 is 0 Å². The summed E-state index contributed by atoms with van der Waals surface area (Å²) in [6, 6.07) is -0.0626. The maximum atomic E-state index is 11.7. The van der Waals surface area contributed by atoms with Crippen LogP contribution < -0.4 is 5.32 Å². The summed E-state index contributed by atoms with van der Waals surface area (Å²) in [5, 5.41) is 2.74. The van der Waals surface area contributed by atoms with Gasteiger partial charge in [0.2, 0.25) is 0 Å². The SMILES string of the molecule is COC(C)C(C)NCCC(F)(F)F. The van der Waals surface area contributed by atoms with Crippen LogP contribution in [-0.2, 0) is 4.74 Å². The molecule has 0 aliphatic heterocycles. The van der Waals surface area contributed by atoms with Crippen LogP contribution in [0.4, 0.5) is 13.2 Å². The predicted molar refractivity (Wildman–Crippen MR) is 44.6 cm³/mol. The van der Waals surface area contributed by atoms with Gasteiger partial charge in [0.1, 0.15) is 0 Å². The molecule has 0 heterocycles. The van der Waals surface area contributed by atoms with Crippen LogP contribution in [0.3, 0.4) is 0 Å². The average Bonchev–Trinajstić information content (AvgIpc) is 2.00. The van der Waals surface area contributed by atoms with E-state index in [9.17, 15) is 13.2 Å². The Morgan fingerprint density at radius 3 is 2.23 bits per heavy atom. The van der Waals surface area contributed by atoms with Crippen molar-refractivity contribution >= 4 is 0 Å². The number of hydrogen-bond donors (Lipinski definition) is 1. The number of methoxy groups -OCH3 is 1. The van der Waals surface area contributed by atoms with Gasteiger partial charge in [-0.25, -0.2) is 0 Å². The molecule has 0 aromatic heterocycles. The lowest BCUT2D eigenvalue weighted by atomic mass is 10.2. The zero-order valence-electron chi connectivity index (χ0n) is 8.11. The lowest BCUT2D eigenvalue weighted by molar-refractivity contribution is -0.133. The zero-order valence-corrected chi connectivity index (χ0v) is 8.11. The molecule has 0 amide bonds. The standard InChI is InChI=1S/C8H16F3NO/c1-6(7(2)13-3)12-5-4-8(9,10)11/h6-7,12H,4-5H2,1-3H3. The third kappa shape index (κ3) is 6.83. The van der Waals surface area contributed by atoms with E-state index in [2.05, 4.69) is 5.32 Å². The first kappa shape index (κ1) is 12.7. The zero-order chi connectivity index (χ0) is 10.5. The Morgan fingerprint density at radius 1 is 1.31 bits per heavy atom. The molecular formula is C8H16F3NO. The quantitative estimate of drug-likeness (QED) is 0.730. The van der Waals surface area contributed by atoms with E-state index in [1.807, 2.05) is 6.92 Å². The van der Waals surface area contributed by atoms with Crippen molar-refractivity contribution in [1.82, 2.24) is 5.32 Å². The minimum Gasteiger partial charge on any atom is -0.380 e. The normalized spacial score (nSPS) is 17.1. The number of nitrogens with one attached hydrogen (secondary N) is 1. The second-order valence-corrected chi connectivity index (χ2v) is 3.05. The van der Waals surface area contributed by atoms with Gasteiger partial charge in [-0.1, -0.05) is 0 Å². The molecule has 0 spiro atoms. The summed E-state index contributed by atoms with van der Waals surface area (Å²) in [5.41, 5.74) is 0. The van der Waals surface area contributed by atoms with Gasteiger partial charge < -0.3 is 10.1 Å². The van der Waals surface area contributed by atoms with E-state index in [-0.39, 0.29) is 18.7 Å². The van der Waals surface area contributed by atoms with Crippen LogP contribution in [0.2, 0.25) is 0 Å². The summed E-state index contributed by atoms with van der Waals surface area (Å²) < 4.78 is 40.1. The molecule has 2 atom stereocenters. The second kappa shape index (κ2) is 5.44. The van der Waals surface area contributed by atoms with E-state index in [4.69, 9.17) is 4.74 Å². The van der Waals surface area contributed by atoms with Gasteiger partial charge >= 0.3 is 6.18 Å². The molecule has 0 fully saturated rings. The van der Waals surface area contributed by atoms with E-state index >= 15 is 0 Å². The molecule has 0 aliphatic rings. The fourth-order valence-corrected chi connectivity index (χ4v) is 0.812. The van der Waals surface area contributed by atoms with Crippen LogP contribution in [0.5, 0.6) is 0 Å². The molecule has 5 heteroatoms. The van der Waals surface area contributed by atoms with Crippen molar-refractivity contribution in [1.29, 1.82) is 0 Å². The fourth-order valence-electron chi connectivity index (χ4n) is 0.812. The molecule has 13 heavy (non-hydrogen) atoms. The van der Waals surface area contributed by atoms with Crippen molar-refractivity contribution < 1.29 is 17.9 Å². The highest BCUT2D eigenvalue weighted by molar-refractivity contribution is 4.68. The molecule has 1 N–H and O–H groups in total. The van der Waals surface area contributed by atoms with E-state index in [0.29, 0.717) is 0 Å². The van der Waals surface area contributed by atoms with Gasteiger partial charge in [-0.05, 0) is 13.8 Å². The number of rotatable bonds is 5. The fraction of sp³-hybridized carbons (Fsp3) is 1.00. The topological polar surface area (TPSA) is 21.3 Å². The number of hydrogen-bond acceptors (Lipinski definition) is 2. The molecule has 2 nitrogen and oxygen atoms in total. The van der Waals surface area contributed by atoms with Crippen molar-refractivity contribution in [2.24, 2.45) is 0 Å². The van der Waals surface area contributed by atoms with Gasteiger partial charge in [0, 0.05) is 19.7 Å². The molecule has 0 saturated carbocycles. The lowest BCUT2D eigenvalue weighted by Gasteiger charge is -2.20. The Morgan fingerprint density at radius 2 is 1.85 bits per heavy atom. The molecular weight excluding hydrogens is 183 g/mol. The smallest absolute Gasteiger partial charge is 0.380 e. The van der Waals surface area contributed by atoms with Gasteiger partial charge in [0.15, 0.2) is 0 Å². The number of ether oxygens (including phenoxy) is 1. The maximum Gasteiger partial charge on any atom is 0.390 e. The summed E-state index contributed by atoms with van der Waals surface area (Å²) in [6.45, 7) is 3.55. The number of alkyl halides is 3. The van der Waals surface area contributed by atoms with Crippen LogP contribution in [0.1, 0.15) is 20.3 Å². The van der Waals surface area contributed by atoms with Gasteiger partial charge in [0.05, 0.1) is 12.5 Å². The first-order valence-electron chi connectivity index (χ1n) is 4.19. The third-order valence-corrected chi connectivity index (χ3v) is 1.95. The Bertz CT molecular complexity index is 138. The second-order valence-electron chi connectivity index (χ2n) is 3.05. The van der Waals surface area contributed by atoms with E-state index in [1.54, 1.807) is 6.92 Å². The molecule has 0 rings (SSSR count). The van der Waals surface area contributed by atoms with Crippen molar-refractivity contribution in [2.75, 3.05) is 13.7 Å². The van der Waals surface area contributed by atoms with E-state index < -0.39 is 12.6 Å². The highest BCUT2D eigenvalue weighted by atomic mass is 19.4. The first-order valence-corrected chi connectivity index (χ1v) is 4.19. The Labute approximate surface area is 76.5 Å². The van der Waals surface area contributed by atoms with Gasteiger partial charge in [-0.2, -0.15) is 13.2 Å². The predicted octanol–water partition coefficient (Wildman–Crippen LogP) is 1.95. The summed E-state index contributed by atoms with van der Waals surface area (Å²) in [6.07, 6.45) is -4.95. The lowest BCUT2D eigenvalue weighted by Crippen LogP contribution is -2.38. The summed E-state index contributed by atoms with van der Waals surface area (Å²) >= 11 is 0. The molecule has 0 aliphatic carbocycles. The highest BCUT2D eigenvalue weighted by Crippen LogP contribution is 2.18. The molecule has 0 radical (unpaired) electrons. The molecule has 0 aromatic carbocycles. The average molecular weight is 199 g/mol. The Hall–Kier alpha value is -0.290. The molecule has 2 unspecified atom stereocenters. The molecule has 0 aromatic rings. The maximum absolute atomic E-state index is 11.7. The van der Waals surface area contributed by atoms with E-state index in [0.717, 1.165) is 0 Å². The summed E-state index contributed by atoms with van der Waals surface area (Å²) in [5.74, 6) is 0. The third-order valence-electron chi connectivity index (χ3n) is 1.95. The molecule has 0 saturated heterocycles. The first-order chi connectivity index (χ1) is 5.87. The van der Waals surface area contributed by atoms with Gasteiger partial charge in [0.25, 0.3) is 0 Å². The van der Waals surface area contributed by atoms with Gasteiger partial charge in [-0.3, -0.25) is 0 Å². The minimum absolute atomic E-state index is 0.0572. The van der Waals surface area contributed by atoms with Crippen LogP contribution in [0.25, 0.3) is 0 Å². The molecule has 0 bridgehead atoms. The Kier molecular flexibility index (Phi) is 5.32. The largest absolute Gasteiger partial charge is 0.390 e. The van der Waals surface area contributed by atoms with Crippen molar-refractivity contribution in [3.8, 4) is 0 Å². The van der Waals surface area contributed by atoms with Crippen LogP contribution in [0, 0.1) is 0 Å². The Balaban J connectivity index is 3.53. The van der Waals surface area contributed by atoms with Crippen LogP contribution in [-0.4, -0.2) is 32.0 Å². The summed E-state index contributed by atoms with van der Waals surface area (Å²) in [4.78, 5) is 0. The number of halogens is 3. The summed E-state index contributed by atoms with van der Waals surface area (Å²) in [7, 11) is 1.53. The monoisotopic (exact) mass is 199 g/mol. The minimum atomic E-state index is -4.08. The van der Waals surface area contributed by atoms with Crippen molar-refractivity contribution in [3.05, 3.63) is 0 Å².